The number of carbonyl (C=O) groups excluding carboxylic acids is 1. The zero-order valence-electron chi connectivity index (χ0n) is 21.9. The fourth-order valence-corrected chi connectivity index (χ4v) is 5.00. The lowest BCUT2D eigenvalue weighted by Crippen LogP contribution is -2.47. The second-order valence-corrected chi connectivity index (χ2v) is 10.2. The Hall–Kier alpha value is -2.80. The summed E-state index contributed by atoms with van der Waals surface area (Å²) < 4.78 is 23.5. The van der Waals surface area contributed by atoms with Crippen LogP contribution in [0.4, 0.5) is 14.2 Å². The van der Waals surface area contributed by atoms with Crippen LogP contribution < -0.4 is 15.4 Å². The molecule has 0 spiro atoms. The maximum Gasteiger partial charge on any atom is 0.344 e. The summed E-state index contributed by atoms with van der Waals surface area (Å²) in [6.45, 7) is 8.31. The molecule has 1 aromatic carbocycles. The van der Waals surface area contributed by atoms with Gasteiger partial charge in [-0.25, -0.2) is 14.0 Å². The molecule has 1 fully saturated rings. The summed E-state index contributed by atoms with van der Waals surface area (Å²) in [5.74, 6) is -1.89. The van der Waals surface area contributed by atoms with Gasteiger partial charge >= 0.3 is 12.0 Å². The number of aromatic nitrogens is 1. The normalized spacial score (nSPS) is 14.4. The lowest BCUT2D eigenvalue weighted by molar-refractivity contribution is 0.0693. The van der Waals surface area contributed by atoms with E-state index in [1.54, 1.807) is 19.1 Å². The molecule has 4 N–H and O–H groups in total. The van der Waals surface area contributed by atoms with Gasteiger partial charge in [0, 0.05) is 44.8 Å². The molecule has 0 unspecified atom stereocenters. The van der Waals surface area contributed by atoms with E-state index in [-0.39, 0.29) is 35.2 Å². The first-order valence-electron chi connectivity index (χ1n) is 13.1. The number of β-amino-alcohol motifs (C(OH)–C–C–N with tert-alkyl or cyclic N) is 1. The number of carbonyl (C=O) groups is 2. The Morgan fingerprint density at radius 1 is 1.08 bits per heavy atom. The quantitative estimate of drug-likeness (QED) is 0.248. The Morgan fingerprint density at radius 3 is 2.45 bits per heavy atom. The monoisotopic (exact) mass is 551 g/mol. The number of anilines is 1. The van der Waals surface area contributed by atoms with Crippen molar-refractivity contribution in [2.24, 2.45) is 0 Å². The van der Waals surface area contributed by atoms with E-state index in [1.165, 1.54) is 6.07 Å². The summed E-state index contributed by atoms with van der Waals surface area (Å²) in [5.41, 5.74) is 0.792. The van der Waals surface area contributed by atoms with Crippen LogP contribution in [0.15, 0.2) is 18.2 Å². The van der Waals surface area contributed by atoms with Crippen LogP contribution >= 0.6 is 11.5 Å². The number of carboxylic acid groups (broad SMARTS) is 1. The average Bonchev–Trinajstić information content (AvgIpc) is 3.28. The van der Waals surface area contributed by atoms with Crippen molar-refractivity contribution in [2.45, 2.75) is 45.6 Å². The van der Waals surface area contributed by atoms with Crippen molar-refractivity contribution in [1.82, 2.24) is 19.5 Å². The van der Waals surface area contributed by atoms with Crippen molar-refractivity contribution in [3.8, 4) is 5.88 Å². The fraction of sp³-hybridized carbons (Fsp3) is 0.577. The Kier molecular flexibility index (Phi) is 12.2. The van der Waals surface area contributed by atoms with Gasteiger partial charge in [-0.15, -0.1) is 0 Å². The van der Waals surface area contributed by atoms with E-state index in [1.807, 2.05) is 0 Å². The van der Waals surface area contributed by atoms with E-state index in [4.69, 9.17) is 9.84 Å². The van der Waals surface area contributed by atoms with Crippen LogP contribution in [0.1, 0.15) is 53.6 Å². The molecular weight excluding hydrogens is 513 g/mol. The first-order valence-corrected chi connectivity index (χ1v) is 13.9. The number of hydrogen-bond donors (Lipinski definition) is 4. The standard InChI is InChI=1S/C26H38FN5O5S/c1-19-7-8-20(21(27)17-19)18-37-23-22(25(34)35)24(38-30-23)29-26(36)28-9-5-3-2-4-6-10-31-11-13-32(14-12-31)15-16-33/h7-8,17,33H,2-6,9-16,18H2,1H3,(H,34,35)(H2,28,29,36). The van der Waals surface area contributed by atoms with Crippen LogP contribution in [0, 0.1) is 12.7 Å². The molecule has 2 amide bonds. The van der Waals surface area contributed by atoms with Crippen LogP contribution in [0.5, 0.6) is 5.88 Å². The summed E-state index contributed by atoms with van der Waals surface area (Å²) in [6, 6.07) is 4.18. The molecule has 2 heterocycles. The van der Waals surface area contributed by atoms with Gasteiger partial charge in [0.1, 0.15) is 17.4 Å². The summed E-state index contributed by atoms with van der Waals surface area (Å²) in [7, 11) is 0. The molecule has 0 saturated carbocycles. The maximum atomic E-state index is 14.0. The molecule has 1 aliphatic heterocycles. The molecule has 0 radical (unpaired) electrons. The van der Waals surface area contributed by atoms with Crippen LogP contribution in [-0.4, -0.2) is 88.8 Å². The highest BCUT2D eigenvalue weighted by atomic mass is 32.1. The number of nitrogens with one attached hydrogen (secondary N) is 2. The number of amides is 2. The van der Waals surface area contributed by atoms with Crippen LogP contribution in [0.25, 0.3) is 0 Å². The molecule has 38 heavy (non-hydrogen) atoms. The molecule has 2 aromatic rings. The number of hydrogen-bond acceptors (Lipinski definition) is 8. The Balaban J connectivity index is 1.31. The summed E-state index contributed by atoms with van der Waals surface area (Å²) in [4.78, 5) is 28.8. The minimum absolute atomic E-state index is 0.0616. The maximum absolute atomic E-state index is 14.0. The van der Waals surface area contributed by atoms with Gasteiger partial charge in [-0.1, -0.05) is 31.4 Å². The number of benzene rings is 1. The number of unbranched alkanes of at least 4 members (excludes halogenated alkanes) is 4. The van der Waals surface area contributed by atoms with Crippen molar-refractivity contribution in [1.29, 1.82) is 0 Å². The van der Waals surface area contributed by atoms with E-state index in [0.717, 1.165) is 88.5 Å². The van der Waals surface area contributed by atoms with Crippen LogP contribution in [-0.2, 0) is 6.61 Å². The minimum Gasteiger partial charge on any atom is -0.477 e. The number of aliphatic hydroxyl groups excluding tert-OH is 1. The van der Waals surface area contributed by atoms with Crippen molar-refractivity contribution >= 4 is 28.5 Å². The van der Waals surface area contributed by atoms with Gasteiger partial charge < -0.3 is 25.2 Å². The zero-order chi connectivity index (χ0) is 27.3. The van der Waals surface area contributed by atoms with Gasteiger partial charge in [0.25, 0.3) is 0 Å². The molecule has 0 atom stereocenters. The molecule has 10 nitrogen and oxygen atoms in total. The van der Waals surface area contributed by atoms with Gasteiger partial charge in [0.2, 0.25) is 5.88 Å². The van der Waals surface area contributed by atoms with Crippen molar-refractivity contribution in [2.75, 3.05) is 57.7 Å². The van der Waals surface area contributed by atoms with Crippen LogP contribution in [0.3, 0.4) is 0 Å². The van der Waals surface area contributed by atoms with Gasteiger partial charge in [-0.2, -0.15) is 4.37 Å². The molecule has 0 aliphatic carbocycles. The summed E-state index contributed by atoms with van der Waals surface area (Å²) in [6.07, 6.45) is 5.21. The Labute approximate surface area is 226 Å². The highest BCUT2D eigenvalue weighted by Crippen LogP contribution is 2.31. The Morgan fingerprint density at radius 2 is 1.76 bits per heavy atom. The largest absolute Gasteiger partial charge is 0.477 e. The first-order chi connectivity index (χ1) is 18.4. The summed E-state index contributed by atoms with van der Waals surface area (Å²) >= 11 is 0.802. The second-order valence-electron chi connectivity index (χ2n) is 9.44. The van der Waals surface area contributed by atoms with Gasteiger partial charge in [-0.3, -0.25) is 10.2 Å². The SMILES string of the molecule is Cc1ccc(COc2nsc(NC(=O)NCCCCCCCN3CCN(CCO)CC3)c2C(=O)O)c(F)c1. The zero-order valence-corrected chi connectivity index (χ0v) is 22.7. The second kappa shape index (κ2) is 15.6. The third kappa shape index (κ3) is 9.50. The number of halogens is 1. The fourth-order valence-electron chi connectivity index (χ4n) is 4.28. The first kappa shape index (κ1) is 29.8. The van der Waals surface area contributed by atoms with Gasteiger partial charge in [-0.05, 0) is 49.5 Å². The van der Waals surface area contributed by atoms with Crippen LogP contribution in [0.2, 0.25) is 0 Å². The number of aryl methyl sites for hydroxylation is 1. The molecule has 12 heteroatoms. The average molecular weight is 552 g/mol. The number of aliphatic hydroxyl groups is 1. The lowest BCUT2D eigenvalue weighted by Gasteiger charge is -2.34. The highest BCUT2D eigenvalue weighted by molar-refractivity contribution is 7.11. The molecule has 1 saturated heterocycles. The van der Waals surface area contributed by atoms with E-state index < -0.39 is 17.8 Å². The third-order valence-electron chi connectivity index (χ3n) is 6.49. The predicted molar refractivity (Wildman–Crippen MR) is 145 cm³/mol. The van der Waals surface area contributed by atoms with Gasteiger partial charge in [0.05, 0.1) is 6.61 Å². The molecule has 1 aliphatic rings. The predicted octanol–water partition coefficient (Wildman–Crippen LogP) is 3.55. The molecular formula is C26H38FN5O5S. The number of nitrogens with zero attached hydrogens (tertiary/aromatic N) is 3. The van der Waals surface area contributed by atoms with Gasteiger partial charge in [0.15, 0.2) is 5.56 Å². The van der Waals surface area contributed by atoms with Crippen molar-refractivity contribution < 1.29 is 28.9 Å². The summed E-state index contributed by atoms with van der Waals surface area (Å²) in [5, 5.41) is 24.0. The minimum atomic E-state index is -1.29. The smallest absolute Gasteiger partial charge is 0.344 e. The molecule has 1 aromatic heterocycles. The topological polar surface area (TPSA) is 127 Å². The Bertz CT molecular complexity index is 1050. The molecule has 210 valence electrons. The molecule has 3 rings (SSSR count). The number of carboxylic acids is 1. The lowest BCUT2D eigenvalue weighted by atomic mass is 10.1. The van der Waals surface area contributed by atoms with Crippen molar-refractivity contribution in [3.63, 3.8) is 0 Å². The number of ether oxygens (including phenoxy) is 1. The van der Waals surface area contributed by atoms with E-state index in [2.05, 4.69) is 24.8 Å². The number of aromatic carboxylic acids is 1. The third-order valence-corrected chi connectivity index (χ3v) is 7.24. The van der Waals surface area contributed by atoms with Crippen molar-refractivity contribution in [3.05, 3.63) is 40.7 Å². The number of rotatable bonds is 15. The van der Waals surface area contributed by atoms with E-state index in [9.17, 15) is 19.1 Å². The number of urea groups is 1. The number of piperazine rings is 1. The van der Waals surface area contributed by atoms with E-state index in [0.29, 0.717) is 6.54 Å². The highest BCUT2D eigenvalue weighted by Gasteiger charge is 2.23. The van der Waals surface area contributed by atoms with E-state index >= 15 is 0 Å². The molecule has 0 bridgehead atoms.